The van der Waals surface area contributed by atoms with E-state index in [0.717, 1.165) is 0 Å². The predicted octanol–water partition coefficient (Wildman–Crippen LogP) is 2.31. The number of aryl methyl sites for hydroxylation is 1. The van der Waals surface area contributed by atoms with E-state index in [-0.39, 0.29) is 12.0 Å². The molecule has 0 saturated carbocycles. The second-order valence-electron chi connectivity index (χ2n) is 6.81. The number of nitrogens with zero attached hydrogens (tertiary/aromatic N) is 3. The largest absolute Gasteiger partial charge is 0.421 e. The number of hydrogen-bond acceptors (Lipinski definition) is 6. The molecule has 0 bridgehead atoms. The van der Waals surface area contributed by atoms with Crippen LogP contribution in [0.15, 0.2) is 28.7 Å². The van der Waals surface area contributed by atoms with E-state index < -0.39 is 5.60 Å². The van der Waals surface area contributed by atoms with Crippen LogP contribution in [0.5, 0.6) is 0 Å². The van der Waals surface area contributed by atoms with Gasteiger partial charge < -0.3 is 18.8 Å². The molecule has 3 rings (SSSR count). The summed E-state index contributed by atoms with van der Waals surface area (Å²) < 4.78 is 16.7. The second kappa shape index (κ2) is 6.93. The van der Waals surface area contributed by atoms with Gasteiger partial charge in [-0.15, -0.1) is 10.2 Å². The van der Waals surface area contributed by atoms with E-state index in [4.69, 9.17) is 13.9 Å². The fourth-order valence-corrected chi connectivity index (χ4v) is 3.15. The van der Waals surface area contributed by atoms with Crippen LogP contribution in [0.2, 0.25) is 0 Å². The molecule has 7 heteroatoms. The van der Waals surface area contributed by atoms with Gasteiger partial charge in [0.25, 0.3) is 5.91 Å². The molecular formula is C18H23N3O4. The molecule has 1 atom stereocenters. The lowest BCUT2D eigenvalue weighted by Crippen LogP contribution is -2.55. The highest BCUT2D eigenvalue weighted by Crippen LogP contribution is 2.27. The lowest BCUT2D eigenvalue weighted by Gasteiger charge is -2.42. The average molecular weight is 345 g/mol. The summed E-state index contributed by atoms with van der Waals surface area (Å²) in [5.41, 5.74) is 0.744. The Morgan fingerprint density at radius 1 is 1.36 bits per heavy atom. The van der Waals surface area contributed by atoms with E-state index in [0.29, 0.717) is 42.6 Å². The Labute approximate surface area is 146 Å². The number of rotatable bonds is 4. The molecule has 0 N–H and O–H groups in total. The van der Waals surface area contributed by atoms with E-state index in [1.54, 1.807) is 25.0 Å². The zero-order valence-corrected chi connectivity index (χ0v) is 15.0. The van der Waals surface area contributed by atoms with Gasteiger partial charge in [0.2, 0.25) is 11.8 Å². The topological polar surface area (TPSA) is 77.7 Å². The number of ether oxygens (including phenoxy) is 2. The quantitative estimate of drug-likeness (QED) is 0.846. The van der Waals surface area contributed by atoms with Crippen LogP contribution in [0.25, 0.3) is 11.5 Å². The average Bonchev–Trinajstić information content (AvgIpc) is 2.99. The summed E-state index contributed by atoms with van der Waals surface area (Å²) in [6.45, 7) is 7.10. The normalized spacial score (nSPS) is 19.8. The first-order valence-electron chi connectivity index (χ1n) is 8.25. The number of benzene rings is 1. The first-order valence-corrected chi connectivity index (χ1v) is 8.25. The fraction of sp³-hybridized carbons (Fsp3) is 0.500. The molecule has 2 aromatic rings. The lowest BCUT2D eigenvalue weighted by atomic mass is 10.0. The Balaban J connectivity index is 1.90. The van der Waals surface area contributed by atoms with Crippen molar-refractivity contribution in [3.63, 3.8) is 0 Å². The van der Waals surface area contributed by atoms with Crippen molar-refractivity contribution in [3.8, 4) is 11.5 Å². The fourth-order valence-electron chi connectivity index (χ4n) is 3.15. The molecule has 0 radical (unpaired) electrons. The Hall–Kier alpha value is -2.25. The molecule has 25 heavy (non-hydrogen) atoms. The van der Waals surface area contributed by atoms with Crippen LogP contribution in [0.3, 0.4) is 0 Å². The Kier molecular flexibility index (Phi) is 4.87. The van der Waals surface area contributed by atoms with Crippen molar-refractivity contribution in [2.75, 3.05) is 26.8 Å². The van der Waals surface area contributed by atoms with Gasteiger partial charge in [0.15, 0.2) is 0 Å². The molecule has 1 amide bonds. The SMILES string of the molecule is COCC1CN(C(=O)c2ccccc2-c2nnc(C)o2)CC(C)(C)O1. The van der Waals surface area contributed by atoms with Crippen LogP contribution < -0.4 is 0 Å². The van der Waals surface area contributed by atoms with Crippen molar-refractivity contribution in [1.29, 1.82) is 0 Å². The van der Waals surface area contributed by atoms with Gasteiger partial charge in [-0.2, -0.15) is 0 Å². The minimum absolute atomic E-state index is 0.0797. The summed E-state index contributed by atoms with van der Waals surface area (Å²) in [6, 6.07) is 7.28. The van der Waals surface area contributed by atoms with Crippen LogP contribution in [-0.2, 0) is 9.47 Å². The molecule has 0 aliphatic carbocycles. The smallest absolute Gasteiger partial charge is 0.254 e. The third-order valence-corrected chi connectivity index (χ3v) is 4.04. The van der Waals surface area contributed by atoms with E-state index in [2.05, 4.69) is 10.2 Å². The summed E-state index contributed by atoms with van der Waals surface area (Å²) in [5, 5.41) is 7.90. The standard InChI is InChI=1S/C18H23N3O4/c1-12-19-20-16(24-12)14-7-5-6-8-15(14)17(22)21-9-13(10-23-4)25-18(2,3)11-21/h5-8,13H,9-11H2,1-4H3. The molecular weight excluding hydrogens is 322 g/mol. The van der Waals surface area contributed by atoms with E-state index in [9.17, 15) is 4.79 Å². The van der Waals surface area contributed by atoms with Gasteiger partial charge in [-0.05, 0) is 26.0 Å². The number of amides is 1. The monoisotopic (exact) mass is 345 g/mol. The molecule has 1 aromatic carbocycles. The molecule has 134 valence electrons. The van der Waals surface area contributed by atoms with Gasteiger partial charge in [0, 0.05) is 27.1 Å². The highest BCUT2D eigenvalue weighted by Gasteiger charge is 2.36. The molecule has 7 nitrogen and oxygen atoms in total. The number of aromatic nitrogens is 2. The van der Waals surface area contributed by atoms with Crippen LogP contribution in [-0.4, -0.2) is 59.5 Å². The maximum Gasteiger partial charge on any atom is 0.254 e. The van der Waals surface area contributed by atoms with E-state index in [1.807, 2.05) is 32.0 Å². The van der Waals surface area contributed by atoms with Crippen LogP contribution in [0, 0.1) is 6.92 Å². The van der Waals surface area contributed by atoms with Crippen LogP contribution in [0.4, 0.5) is 0 Å². The number of carbonyl (C=O) groups is 1. The molecule has 2 heterocycles. The molecule has 0 spiro atoms. The molecule has 1 aliphatic rings. The van der Waals surface area contributed by atoms with E-state index >= 15 is 0 Å². The van der Waals surface area contributed by atoms with E-state index in [1.165, 1.54) is 0 Å². The minimum atomic E-state index is -0.437. The molecule has 1 fully saturated rings. The molecule has 1 aliphatic heterocycles. The van der Waals surface area contributed by atoms with Gasteiger partial charge in [-0.3, -0.25) is 4.79 Å². The van der Waals surface area contributed by atoms with Crippen LogP contribution >= 0.6 is 0 Å². The summed E-state index contributed by atoms with van der Waals surface area (Å²) in [7, 11) is 1.63. The summed E-state index contributed by atoms with van der Waals surface area (Å²) in [4.78, 5) is 15.0. The third kappa shape index (κ3) is 3.88. The number of methoxy groups -OCH3 is 1. The van der Waals surface area contributed by atoms with Crippen molar-refractivity contribution >= 4 is 5.91 Å². The van der Waals surface area contributed by atoms with Crippen molar-refractivity contribution in [2.24, 2.45) is 0 Å². The predicted molar refractivity (Wildman–Crippen MR) is 91.2 cm³/mol. The van der Waals surface area contributed by atoms with Gasteiger partial charge in [-0.25, -0.2) is 0 Å². The second-order valence-corrected chi connectivity index (χ2v) is 6.81. The zero-order chi connectivity index (χ0) is 18.0. The first-order chi connectivity index (χ1) is 11.9. The summed E-state index contributed by atoms with van der Waals surface area (Å²) in [6.07, 6.45) is -0.157. The van der Waals surface area contributed by atoms with Gasteiger partial charge in [0.1, 0.15) is 0 Å². The van der Waals surface area contributed by atoms with Crippen molar-refractivity contribution in [3.05, 3.63) is 35.7 Å². The zero-order valence-electron chi connectivity index (χ0n) is 15.0. The number of morpholine rings is 1. The van der Waals surface area contributed by atoms with Crippen molar-refractivity contribution in [1.82, 2.24) is 15.1 Å². The van der Waals surface area contributed by atoms with Gasteiger partial charge in [0.05, 0.1) is 29.4 Å². The highest BCUT2D eigenvalue weighted by molar-refractivity contribution is 6.00. The third-order valence-electron chi connectivity index (χ3n) is 4.04. The highest BCUT2D eigenvalue weighted by atomic mass is 16.5. The molecule has 1 unspecified atom stereocenters. The maximum atomic E-state index is 13.2. The summed E-state index contributed by atoms with van der Waals surface area (Å²) in [5.74, 6) is 0.733. The minimum Gasteiger partial charge on any atom is -0.421 e. The lowest BCUT2D eigenvalue weighted by molar-refractivity contribution is -0.143. The van der Waals surface area contributed by atoms with Crippen LogP contribution in [0.1, 0.15) is 30.1 Å². The molecule has 1 aromatic heterocycles. The number of hydrogen-bond donors (Lipinski definition) is 0. The molecule has 1 saturated heterocycles. The Bertz CT molecular complexity index is 756. The first kappa shape index (κ1) is 17.6. The maximum absolute atomic E-state index is 13.2. The van der Waals surface area contributed by atoms with Gasteiger partial charge in [-0.1, -0.05) is 12.1 Å². The Morgan fingerprint density at radius 3 is 2.80 bits per heavy atom. The van der Waals surface area contributed by atoms with Crippen molar-refractivity contribution in [2.45, 2.75) is 32.5 Å². The number of carbonyl (C=O) groups excluding carboxylic acids is 1. The Morgan fingerprint density at radius 2 is 2.12 bits per heavy atom. The van der Waals surface area contributed by atoms with Crippen molar-refractivity contribution < 1.29 is 18.7 Å². The summed E-state index contributed by atoms with van der Waals surface area (Å²) >= 11 is 0. The van der Waals surface area contributed by atoms with Gasteiger partial charge >= 0.3 is 0 Å².